The predicted octanol–water partition coefficient (Wildman–Crippen LogP) is 2.31. The lowest BCUT2D eigenvalue weighted by Gasteiger charge is -2.39. The molecule has 2 fully saturated rings. The quantitative estimate of drug-likeness (QED) is 0.842. The molecule has 0 bridgehead atoms. The van der Waals surface area contributed by atoms with Gasteiger partial charge in [-0.3, -0.25) is 4.79 Å². The van der Waals surface area contributed by atoms with Gasteiger partial charge in [-0.1, -0.05) is 12.8 Å². The number of carbonyl (C=O) groups excluding carboxylic acids is 1. The van der Waals surface area contributed by atoms with Crippen LogP contribution in [-0.2, 0) is 4.79 Å². The first kappa shape index (κ1) is 14.6. The number of halogens is 3. The fraction of sp³-hybridized carbons (Fsp3) is 0.923. The molecule has 0 radical (unpaired) electrons. The number of nitrogens with two attached hydrogens (primary N) is 1. The van der Waals surface area contributed by atoms with Crippen molar-refractivity contribution in [1.82, 2.24) is 4.90 Å². The molecule has 1 saturated heterocycles. The number of hydrogen-bond acceptors (Lipinski definition) is 2. The van der Waals surface area contributed by atoms with Gasteiger partial charge < -0.3 is 10.6 Å². The van der Waals surface area contributed by atoms with Gasteiger partial charge in [0.15, 0.2) is 0 Å². The summed E-state index contributed by atoms with van der Waals surface area (Å²) < 4.78 is 38.3. The molecule has 2 rings (SSSR count). The molecule has 1 saturated carbocycles. The summed E-state index contributed by atoms with van der Waals surface area (Å²) in [5, 5.41) is 0. The molecule has 1 heterocycles. The average Bonchev–Trinajstić information content (AvgIpc) is 2.87. The minimum Gasteiger partial charge on any atom is -0.342 e. The maximum Gasteiger partial charge on any atom is 0.393 e. The first-order valence-electron chi connectivity index (χ1n) is 6.95. The van der Waals surface area contributed by atoms with Crippen molar-refractivity contribution in [2.45, 2.75) is 44.7 Å². The van der Waals surface area contributed by atoms with Crippen LogP contribution in [0.25, 0.3) is 0 Å². The zero-order valence-electron chi connectivity index (χ0n) is 11.0. The van der Waals surface area contributed by atoms with Crippen molar-refractivity contribution in [3.05, 3.63) is 0 Å². The van der Waals surface area contributed by atoms with Gasteiger partial charge in [-0.05, 0) is 25.7 Å². The third kappa shape index (κ3) is 2.88. The lowest BCUT2D eigenvalue weighted by Crippen LogP contribution is -2.51. The Morgan fingerprint density at radius 3 is 2.42 bits per heavy atom. The van der Waals surface area contributed by atoms with E-state index in [4.69, 9.17) is 5.73 Å². The molecule has 0 aromatic rings. The second-order valence-corrected chi connectivity index (χ2v) is 5.82. The molecule has 6 heteroatoms. The van der Waals surface area contributed by atoms with Gasteiger partial charge in [0.1, 0.15) is 0 Å². The van der Waals surface area contributed by atoms with Crippen LogP contribution in [0.2, 0.25) is 0 Å². The topological polar surface area (TPSA) is 46.3 Å². The van der Waals surface area contributed by atoms with Crippen LogP contribution in [0.5, 0.6) is 0 Å². The molecule has 0 aromatic carbocycles. The average molecular weight is 278 g/mol. The molecule has 1 aliphatic heterocycles. The van der Waals surface area contributed by atoms with E-state index in [9.17, 15) is 18.0 Å². The number of piperidine rings is 1. The van der Waals surface area contributed by atoms with Crippen LogP contribution in [0.1, 0.15) is 38.5 Å². The Morgan fingerprint density at radius 1 is 1.26 bits per heavy atom. The molecule has 1 unspecified atom stereocenters. The maximum atomic E-state index is 12.8. The highest BCUT2D eigenvalue weighted by atomic mass is 19.4. The van der Waals surface area contributed by atoms with E-state index in [1.54, 1.807) is 0 Å². The molecular weight excluding hydrogens is 257 g/mol. The summed E-state index contributed by atoms with van der Waals surface area (Å²) in [6.07, 6.45) is -0.325. The molecular formula is C13H21F3N2O. The van der Waals surface area contributed by atoms with Crippen LogP contribution in [0.4, 0.5) is 13.2 Å². The van der Waals surface area contributed by atoms with Crippen molar-refractivity contribution in [2.24, 2.45) is 17.1 Å². The molecule has 1 amide bonds. The Labute approximate surface area is 111 Å². The van der Waals surface area contributed by atoms with Gasteiger partial charge in [0.05, 0.1) is 11.3 Å². The number of carbonyl (C=O) groups is 1. The molecule has 1 aliphatic carbocycles. The SMILES string of the molecule is NCC1(C(=O)N2CCCC(C(F)(F)F)C2)CCCC1. The van der Waals surface area contributed by atoms with Gasteiger partial charge in [-0.15, -0.1) is 0 Å². The van der Waals surface area contributed by atoms with Crippen molar-refractivity contribution in [3.8, 4) is 0 Å². The highest BCUT2D eigenvalue weighted by Crippen LogP contribution is 2.41. The first-order valence-corrected chi connectivity index (χ1v) is 6.95. The number of hydrogen-bond donors (Lipinski definition) is 1. The van der Waals surface area contributed by atoms with Gasteiger partial charge >= 0.3 is 6.18 Å². The molecule has 110 valence electrons. The number of nitrogens with zero attached hydrogens (tertiary/aromatic N) is 1. The van der Waals surface area contributed by atoms with Crippen LogP contribution < -0.4 is 5.73 Å². The summed E-state index contributed by atoms with van der Waals surface area (Å²) in [6, 6.07) is 0. The lowest BCUT2D eigenvalue weighted by atomic mass is 9.83. The van der Waals surface area contributed by atoms with E-state index >= 15 is 0 Å². The zero-order valence-corrected chi connectivity index (χ0v) is 11.0. The van der Waals surface area contributed by atoms with Crippen LogP contribution in [0.3, 0.4) is 0 Å². The number of amides is 1. The standard InChI is InChI=1S/C13H21F3N2O/c14-13(15,16)10-4-3-7-18(8-10)11(19)12(9-17)5-1-2-6-12/h10H,1-9,17H2. The fourth-order valence-electron chi connectivity index (χ4n) is 3.32. The first-order chi connectivity index (χ1) is 8.89. The Morgan fingerprint density at radius 2 is 1.89 bits per heavy atom. The molecule has 0 spiro atoms. The minimum atomic E-state index is -4.20. The number of likely N-dealkylation sites (tertiary alicyclic amines) is 1. The summed E-state index contributed by atoms with van der Waals surface area (Å²) in [6.45, 7) is 0.496. The number of alkyl halides is 3. The summed E-state index contributed by atoms with van der Waals surface area (Å²) in [4.78, 5) is 13.9. The summed E-state index contributed by atoms with van der Waals surface area (Å²) in [5.74, 6) is -1.53. The van der Waals surface area contributed by atoms with Crippen LogP contribution in [0.15, 0.2) is 0 Å². The Hall–Kier alpha value is -0.780. The highest BCUT2D eigenvalue weighted by Gasteiger charge is 2.47. The van der Waals surface area contributed by atoms with E-state index < -0.39 is 17.5 Å². The van der Waals surface area contributed by atoms with Crippen molar-refractivity contribution in [1.29, 1.82) is 0 Å². The molecule has 2 aliphatic rings. The van der Waals surface area contributed by atoms with E-state index in [1.807, 2.05) is 0 Å². The van der Waals surface area contributed by atoms with E-state index in [0.29, 0.717) is 13.0 Å². The largest absolute Gasteiger partial charge is 0.393 e. The second-order valence-electron chi connectivity index (χ2n) is 5.82. The Bertz CT molecular complexity index is 337. The summed E-state index contributed by atoms with van der Waals surface area (Å²) in [5.41, 5.74) is 5.14. The van der Waals surface area contributed by atoms with Gasteiger partial charge in [0, 0.05) is 19.6 Å². The molecule has 2 N–H and O–H groups in total. The summed E-state index contributed by atoms with van der Waals surface area (Å²) in [7, 11) is 0. The second kappa shape index (κ2) is 5.31. The van der Waals surface area contributed by atoms with Gasteiger partial charge in [0.2, 0.25) is 5.91 Å². The van der Waals surface area contributed by atoms with Crippen molar-refractivity contribution in [2.75, 3.05) is 19.6 Å². The van der Waals surface area contributed by atoms with Gasteiger partial charge in [-0.25, -0.2) is 0 Å². The highest BCUT2D eigenvalue weighted by molar-refractivity contribution is 5.83. The Kier molecular flexibility index (Phi) is 4.08. The van der Waals surface area contributed by atoms with Crippen LogP contribution >= 0.6 is 0 Å². The normalized spacial score (nSPS) is 27.6. The third-order valence-corrected chi connectivity index (χ3v) is 4.58. The van der Waals surface area contributed by atoms with Gasteiger partial charge in [-0.2, -0.15) is 13.2 Å². The van der Waals surface area contributed by atoms with Crippen LogP contribution in [-0.4, -0.2) is 36.6 Å². The number of rotatable bonds is 2. The lowest BCUT2D eigenvalue weighted by molar-refractivity contribution is -0.189. The minimum absolute atomic E-state index is 0.128. The molecule has 1 atom stereocenters. The fourth-order valence-corrected chi connectivity index (χ4v) is 3.32. The van der Waals surface area contributed by atoms with Crippen molar-refractivity contribution < 1.29 is 18.0 Å². The van der Waals surface area contributed by atoms with E-state index in [0.717, 1.165) is 25.7 Å². The smallest absolute Gasteiger partial charge is 0.342 e. The zero-order chi connectivity index (χ0) is 14.1. The maximum absolute atomic E-state index is 12.8. The van der Waals surface area contributed by atoms with E-state index in [-0.39, 0.29) is 25.4 Å². The molecule has 0 aromatic heterocycles. The Balaban J connectivity index is 2.06. The van der Waals surface area contributed by atoms with Crippen molar-refractivity contribution in [3.63, 3.8) is 0 Å². The van der Waals surface area contributed by atoms with Gasteiger partial charge in [0.25, 0.3) is 0 Å². The van der Waals surface area contributed by atoms with Crippen LogP contribution in [0, 0.1) is 11.3 Å². The molecule has 3 nitrogen and oxygen atoms in total. The molecule has 19 heavy (non-hydrogen) atoms. The monoisotopic (exact) mass is 278 g/mol. The third-order valence-electron chi connectivity index (χ3n) is 4.58. The van der Waals surface area contributed by atoms with E-state index in [1.165, 1.54) is 4.90 Å². The van der Waals surface area contributed by atoms with E-state index in [2.05, 4.69) is 0 Å². The predicted molar refractivity (Wildman–Crippen MR) is 65.3 cm³/mol. The summed E-state index contributed by atoms with van der Waals surface area (Å²) >= 11 is 0. The van der Waals surface area contributed by atoms with Crippen molar-refractivity contribution >= 4 is 5.91 Å².